The molecule has 22 heavy (non-hydrogen) atoms. The molecule has 122 valence electrons. The molecule has 7 nitrogen and oxygen atoms in total. The molecule has 1 heterocycles. The number of hydrogen-bond acceptors (Lipinski definition) is 5. The van der Waals surface area contributed by atoms with E-state index in [9.17, 15) is 9.59 Å². The first-order valence-corrected chi connectivity index (χ1v) is 7.07. The summed E-state index contributed by atoms with van der Waals surface area (Å²) in [7, 11) is 0. The maximum Gasteiger partial charge on any atom is 0.407 e. The van der Waals surface area contributed by atoms with Crippen LogP contribution in [-0.4, -0.2) is 40.9 Å². The Morgan fingerprint density at radius 2 is 2.05 bits per heavy atom. The van der Waals surface area contributed by atoms with Crippen LogP contribution in [0.1, 0.15) is 44.0 Å². The molecular formula is C15H22N2O5. The van der Waals surface area contributed by atoms with Crippen molar-refractivity contribution in [1.82, 2.24) is 10.3 Å². The SMILES string of the molecule is CC(C)(C)OC(=O)NCCCCOc1cc(C(=O)O)ccn1. The van der Waals surface area contributed by atoms with Gasteiger partial charge in [-0.1, -0.05) is 0 Å². The minimum Gasteiger partial charge on any atom is -0.478 e. The summed E-state index contributed by atoms with van der Waals surface area (Å²) >= 11 is 0. The van der Waals surface area contributed by atoms with Gasteiger partial charge in [0.1, 0.15) is 5.60 Å². The topological polar surface area (TPSA) is 97.8 Å². The molecule has 0 radical (unpaired) electrons. The summed E-state index contributed by atoms with van der Waals surface area (Å²) in [4.78, 5) is 26.1. The minimum absolute atomic E-state index is 0.136. The third kappa shape index (κ3) is 7.47. The minimum atomic E-state index is -1.02. The number of rotatable bonds is 7. The Hall–Kier alpha value is -2.31. The molecule has 0 unspecified atom stereocenters. The highest BCUT2D eigenvalue weighted by Gasteiger charge is 2.15. The van der Waals surface area contributed by atoms with Crippen molar-refractivity contribution in [2.45, 2.75) is 39.2 Å². The monoisotopic (exact) mass is 310 g/mol. The van der Waals surface area contributed by atoms with Crippen LogP contribution in [0.25, 0.3) is 0 Å². The first kappa shape index (κ1) is 17.7. The summed E-state index contributed by atoms with van der Waals surface area (Å²) in [5, 5.41) is 11.5. The van der Waals surface area contributed by atoms with Crippen LogP contribution in [0.5, 0.6) is 5.88 Å². The number of amides is 1. The first-order valence-electron chi connectivity index (χ1n) is 7.07. The maximum atomic E-state index is 11.4. The molecule has 1 aromatic rings. The number of nitrogens with zero attached hydrogens (tertiary/aromatic N) is 1. The molecule has 1 aromatic heterocycles. The van der Waals surface area contributed by atoms with Crippen LogP contribution in [-0.2, 0) is 4.74 Å². The Balaban J connectivity index is 2.17. The number of alkyl carbamates (subject to hydrolysis) is 1. The number of nitrogens with one attached hydrogen (secondary N) is 1. The summed E-state index contributed by atoms with van der Waals surface area (Å²) < 4.78 is 10.5. The molecule has 0 bridgehead atoms. The lowest BCUT2D eigenvalue weighted by molar-refractivity contribution is 0.0525. The maximum absolute atomic E-state index is 11.4. The van der Waals surface area contributed by atoms with Gasteiger partial charge in [0.2, 0.25) is 5.88 Å². The standard InChI is InChI=1S/C15H22N2O5/c1-15(2,3)22-14(20)17-7-4-5-9-21-12-10-11(13(18)19)6-8-16-12/h6,8,10H,4-5,7,9H2,1-3H3,(H,17,20)(H,18,19). The van der Waals surface area contributed by atoms with Gasteiger partial charge in [0.15, 0.2) is 0 Å². The smallest absolute Gasteiger partial charge is 0.407 e. The van der Waals surface area contributed by atoms with Gasteiger partial charge in [-0.3, -0.25) is 0 Å². The van der Waals surface area contributed by atoms with Crippen LogP contribution < -0.4 is 10.1 Å². The van der Waals surface area contributed by atoms with E-state index in [4.69, 9.17) is 14.6 Å². The van der Waals surface area contributed by atoms with Crippen LogP contribution in [0.15, 0.2) is 18.3 Å². The van der Waals surface area contributed by atoms with E-state index in [-0.39, 0.29) is 11.4 Å². The van der Waals surface area contributed by atoms with Crippen molar-refractivity contribution >= 4 is 12.1 Å². The zero-order chi connectivity index (χ0) is 16.6. The number of carboxylic acids is 1. The molecular weight excluding hydrogens is 288 g/mol. The van der Waals surface area contributed by atoms with Crippen molar-refractivity contribution in [3.8, 4) is 5.88 Å². The zero-order valence-corrected chi connectivity index (χ0v) is 13.1. The van der Waals surface area contributed by atoms with Crippen molar-refractivity contribution in [2.75, 3.05) is 13.2 Å². The van der Waals surface area contributed by atoms with E-state index in [1.807, 2.05) is 0 Å². The van der Waals surface area contributed by atoms with Gasteiger partial charge >= 0.3 is 12.1 Å². The van der Waals surface area contributed by atoms with Crippen LogP contribution in [0.4, 0.5) is 4.79 Å². The second-order valence-corrected chi connectivity index (χ2v) is 5.67. The lowest BCUT2D eigenvalue weighted by Gasteiger charge is -2.19. The van der Waals surface area contributed by atoms with Crippen molar-refractivity contribution in [3.63, 3.8) is 0 Å². The second kappa shape index (κ2) is 8.21. The highest BCUT2D eigenvalue weighted by atomic mass is 16.6. The molecule has 2 N–H and O–H groups in total. The Morgan fingerprint density at radius 3 is 2.68 bits per heavy atom. The number of carbonyl (C=O) groups is 2. The molecule has 1 amide bonds. The number of hydrogen-bond donors (Lipinski definition) is 2. The van der Waals surface area contributed by atoms with Gasteiger partial charge in [0, 0.05) is 18.8 Å². The summed E-state index contributed by atoms with van der Waals surface area (Å²) in [6.07, 6.45) is 2.37. The molecule has 0 saturated carbocycles. The van der Waals surface area contributed by atoms with Gasteiger partial charge < -0.3 is 19.9 Å². The van der Waals surface area contributed by atoms with Crippen molar-refractivity contribution < 1.29 is 24.2 Å². The summed E-state index contributed by atoms with van der Waals surface area (Å²) in [5.41, 5.74) is -0.370. The van der Waals surface area contributed by atoms with Crippen molar-refractivity contribution in [3.05, 3.63) is 23.9 Å². The molecule has 0 saturated heterocycles. The van der Waals surface area contributed by atoms with Crippen molar-refractivity contribution in [1.29, 1.82) is 0 Å². The molecule has 7 heteroatoms. The third-order valence-corrected chi connectivity index (χ3v) is 2.47. The molecule has 0 aromatic carbocycles. The van der Waals surface area contributed by atoms with Gasteiger partial charge in [0.25, 0.3) is 0 Å². The number of aromatic carboxylic acids is 1. The van der Waals surface area contributed by atoms with Crippen molar-refractivity contribution in [2.24, 2.45) is 0 Å². The summed E-state index contributed by atoms with van der Waals surface area (Å²) in [5.74, 6) is -0.742. The van der Waals surface area contributed by atoms with Gasteiger partial charge in [-0.25, -0.2) is 14.6 Å². The lowest BCUT2D eigenvalue weighted by Crippen LogP contribution is -2.33. The van der Waals surface area contributed by atoms with Crippen LogP contribution >= 0.6 is 0 Å². The molecule has 1 rings (SSSR count). The predicted molar refractivity (Wildman–Crippen MR) is 80.2 cm³/mol. The quantitative estimate of drug-likeness (QED) is 0.751. The number of pyridine rings is 1. The van der Waals surface area contributed by atoms with Crippen LogP contribution in [0, 0.1) is 0 Å². The average molecular weight is 310 g/mol. The van der Waals surface area contributed by atoms with Gasteiger partial charge in [-0.05, 0) is 39.7 Å². The van der Waals surface area contributed by atoms with E-state index < -0.39 is 17.7 Å². The Bertz CT molecular complexity index is 511. The van der Waals surface area contributed by atoms with Gasteiger partial charge in [0.05, 0.1) is 12.2 Å². The first-order chi connectivity index (χ1) is 10.3. The van der Waals surface area contributed by atoms with Crippen LogP contribution in [0.3, 0.4) is 0 Å². The Morgan fingerprint density at radius 1 is 1.32 bits per heavy atom. The Kier molecular flexibility index (Phi) is 6.62. The Labute approximate surface area is 129 Å². The predicted octanol–water partition coefficient (Wildman–Crippen LogP) is 2.46. The van der Waals surface area contributed by atoms with E-state index >= 15 is 0 Å². The van der Waals surface area contributed by atoms with Gasteiger partial charge in [-0.15, -0.1) is 0 Å². The highest BCUT2D eigenvalue weighted by Crippen LogP contribution is 2.10. The second-order valence-electron chi connectivity index (χ2n) is 5.67. The summed E-state index contributed by atoms with van der Waals surface area (Å²) in [6.45, 7) is 6.29. The van der Waals surface area contributed by atoms with Gasteiger partial charge in [-0.2, -0.15) is 0 Å². The molecule has 0 fully saturated rings. The average Bonchev–Trinajstić information content (AvgIpc) is 2.41. The van der Waals surface area contributed by atoms with E-state index in [1.165, 1.54) is 18.3 Å². The fourth-order valence-electron chi connectivity index (χ4n) is 1.53. The van der Waals surface area contributed by atoms with E-state index in [0.29, 0.717) is 19.6 Å². The molecule has 0 atom stereocenters. The molecule has 0 spiro atoms. The zero-order valence-electron chi connectivity index (χ0n) is 13.1. The molecule has 0 aliphatic rings. The largest absolute Gasteiger partial charge is 0.478 e. The van der Waals surface area contributed by atoms with E-state index in [2.05, 4.69) is 10.3 Å². The highest BCUT2D eigenvalue weighted by molar-refractivity contribution is 5.87. The lowest BCUT2D eigenvalue weighted by atomic mass is 10.2. The summed E-state index contributed by atoms with van der Waals surface area (Å²) in [6, 6.07) is 2.78. The number of aromatic nitrogens is 1. The third-order valence-electron chi connectivity index (χ3n) is 2.47. The van der Waals surface area contributed by atoms with E-state index in [1.54, 1.807) is 20.8 Å². The number of carboxylic acid groups (broad SMARTS) is 1. The fourth-order valence-corrected chi connectivity index (χ4v) is 1.53. The molecule has 0 aliphatic heterocycles. The number of carbonyl (C=O) groups excluding carboxylic acids is 1. The van der Waals surface area contributed by atoms with Crippen LogP contribution in [0.2, 0.25) is 0 Å². The van der Waals surface area contributed by atoms with E-state index in [0.717, 1.165) is 6.42 Å². The number of ether oxygens (including phenoxy) is 2. The molecule has 0 aliphatic carbocycles. The number of unbranched alkanes of at least 4 members (excludes halogenated alkanes) is 1. The fraction of sp³-hybridized carbons (Fsp3) is 0.533. The normalized spacial score (nSPS) is 10.9.